The van der Waals surface area contributed by atoms with Gasteiger partial charge in [-0.05, 0) is 29.7 Å². The Morgan fingerprint density at radius 3 is 2.87 bits per heavy atom. The number of fused-ring (bicyclic) bond motifs is 1. The van der Waals surface area contributed by atoms with E-state index in [2.05, 4.69) is 10.2 Å². The number of carbonyl (C=O) groups is 1. The van der Waals surface area contributed by atoms with Crippen molar-refractivity contribution in [3.8, 4) is 0 Å². The summed E-state index contributed by atoms with van der Waals surface area (Å²) in [6.07, 6.45) is 4.29. The highest BCUT2D eigenvalue weighted by molar-refractivity contribution is 5.93. The Bertz CT molecular complexity index is 752. The van der Waals surface area contributed by atoms with Gasteiger partial charge in [-0.1, -0.05) is 12.1 Å². The Hall–Kier alpha value is -2.44. The molecule has 120 valence electrons. The molecule has 0 fully saturated rings. The van der Waals surface area contributed by atoms with Gasteiger partial charge < -0.3 is 15.1 Å². The van der Waals surface area contributed by atoms with Crippen LogP contribution in [0.2, 0.25) is 0 Å². The lowest BCUT2D eigenvalue weighted by Gasteiger charge is -2.17. The summed E-state index contributed by atoms with van der Waals surface area (Å²) >= 11 is 0. The number of likely N-dealkylation sites (N-methyl/N-ethyl adjacent to an activating group) is 1. The van der Waals surface area contributed by atoms with Crippen molar-refractivity contribution in [2.24, 2.45) is 0 Å². The summed E-state index contributed by atoms with van der Waals surface area (Å²) in [6, 6.07) is 5.43. The van der Waals surface area contributed by atoms with Crippen LogP contribution in [0.15, 0.2) is 36.8 Å². The van der Waals surface area contributed by atoms with Crippen LogP contribution in [-0.2, 0) is 4.79 Å². The summed E-state index contributed by atoms with van der Waals surface area (Å²) in [5.74, 6) is -0.295. The first kappa shape index (κ1) is 15.5. The van der Waals surface area contributed by atoms with Gasteiger partial charge in [0.15, 0.2) is 0 Å². The smallest absolute Gasteiger partial charge is 0.233 e. The van der Waals surface area contributed by atoms with Crippen molar-refractivity contribution < 1.29 is 15.0 Å². The molecule has 2 heterocycles. The van der Waals surface area contributed by atoms with E-state index in [9.17, 15) is 15.0 Å². The van der Waals surface area contributed by atoms with E-state index in [1.165, 1.54) is 0 Å². The molecule has 0 unspecified atom stereocenters. The summed E-state index contributed by atoms with van der Waals surface area (Å²) < 4.78 is 0. The number of aromatic amines is 1. The maximum absolute atomic E-state index is 12.5. The Kier molecular flexibility index (Phi) is 4.02. The monoisotopic (exact) mass is 313 g/mol. The maximum atomic E-state index is 12.5. The zero-order chi connectivity index (χ0) is 16.6. The van der Waals surface area contributed by atoms with Gasteiger partial charge >= 0.3 is 0 Å². The molecular weight excluding hydrogens is 294 g/mol. The van der Waals surface area contributed by atoms with Crippen LogP contribution >= 0.6 is 0 Å². The van der Waals surface area contributed by atoms with Crippen LogP contribution < -0.4 is 0 Å². The summed E-state index contributed by atoms with van der Waals surface area (Å²) in [5, 5.41) is 25.9. The molecule has 6 nitrogen and oxygen atoms in total. The van der Waals surface area contributed by atoms with E-state index in [1.54, 1.807) is 36.6 Å². The molecule has 1 amide bonds. The number of benzene rings is 1. The lowest BCUT2D eigenvalue weighted by atomic mass is 9.88. The van der Waals surface area contributed by atoms with Gasteiger partial charge in [-0.25, -0.2) is 0 Å². The molecule has 1 aromatic heterocycles. The molecule has 1 aliphatic heterocycles. The molecular formula is C17H19N3O3. The van der Waals surface area contributed by atoms with Crippen molar-refractivity contribution in [3.63, 3.8) is 0 Å². The van der Waals surface area contributed by atoms with Crippen molar-refractivity contribution in [1.82, 2.24) is 15.1 Å². The first-order valence-corrected chi connectivity index (χ1v) is 7.43. The molecule has 1 aromatic carbocycles. The number of aliphatic hydroxyl groups excluding tert-OH is 2. The van der Waals surface area contributed by atoms with Crippen molar-refractivity contribution in [1.29, 1.82) is 0 Å². The van der Waals surface area contributed by atoms with Crippen LogP contribution in [0.3, 0.4) is 0 Å². The fourth-order valence-corrected chi connectivity index (χ4v) is 2.89. The van der Waals surface area contributed by atoms with E-state index in [4.69, 9.17) is 0 Å². The fraction of sp³-hybridized carbons (Fsp3) is 0.294. The van der Waals surface area contributed by atoms with Gasteiger partial charge in [-0.15, -0.1) is 0 Å². The van der Waals surface area contributed by atoms with E-state index < -0.39 is 6.10 Å². The summed E-state index contributed by atoms with van der Waals surface area (Å²) in [7, 11) is 1.73. The molecule has 0 radical (unpaired) electrons. The van der Waals surface area contributed by atoms with Crippen molar-refractivity contribution in [2.75, 3.05) is 13.7 Å². The zero-order valence-electron chi connectivity index (χ0n) is 13.0. The molecule has 0 saturated heterocycles. The van der Waals surface area contributed by atoms with Crippen LogP contribution in [0.25, 0.3) is 5.57 Å². The van der Waals surface area contributed by atoms with E-state index in [0.717, 1.165) is 22.3 Å². The highest BCUT2D eigenvalue weighted by Crippen LogP contribution is 2.35. The first-order valence-electron chi connectivity index (χ1n) is 7.43. The standard InChI is InChI=1S/C17H19N3O3/c1-10-13-4-3-11(16(22)9-21)5-14(13)15(8-20(2)17(10)23)12-6-18-19-7-12/h3-8,10,16,21-22H,9H2,1-2H3,(H,18,19)/t10-,16-/m1/s1. The third kappa shape index (κ3) is 2.67. The average Bonchev–Trinajstić information content (AvgIpc) is 3.08. The van der Waals surface area contributed by atoms with Crippen molar-refractivity contribution >= 4 is 11.5 Å². The topological polar surface area (TPSA) is 89.5 Å². The highest BCUT2D eigenvalue weighted by atomic mass is 16.3. The second kappa shape index (κ2) is 5.98. The number of hydrogen-bond acceptors (Lipinski definition) is 4. The van der Waals surface area contributed by atoms with Gasteiger partial charge in [0.05, 0.1) is 18.7 Å². The van der Waals surface area contributed by atoms with Crippen LogP contribution in [0.4, 0.5) is 0 Å². The number of nitrogens with zero attached hydrogens (tertiary/aromatic N) is 2. The van der Waals surface area contributed by atoms with Gasteiger partial charge in [0.25, 0.3) is 0 Å². The highest BCUT2D eigenvalue weighted by Gasteiger charge is 2.27. The molecule has 0 saturated carbocycles. The van der Waals surface area contributed by atoms with Crippen molar-refractivity contribution in [2.45, 2.75) is 18.9 Å². The van der Waals surface area contributed by atoms with Crippen LogP contribution in [-0.4, -0.2) is 44.9 Å². The zero-order valence-corrected chi connectivity index (χ0v) is 13.0. The molecule has 3 rings (SSSR count). The maximum Gasteiger partial charge on any atom is 0.233 e. The summed E-state index contributed by atoms with van der Waals surface area (Å²) in [5.41, 5.74) is 4.07. The largest absolute Gasteiger partial charge is 0.393 e. The normalized spacial score (nSPS) is 19.1. The number of aromatic nitrogens is 2. The minimum absolute atomic E-state index is 0.000187. The van der Waals surface area contributed by atoms with Crippen LogP contribution in [0, 0.1) is 0 Å². The van der Waals surface area contributed by atoms with E-state index in [0.29, 0.717) is 5.56 Å². The molecule has 23 heavy (non-hydrogen) atoms. The SMILES string of the molecule is C[C@H]1C(=O)N(C)C=C(c2cn[nH]c2)c2cc([C@H](O)CO)ccc21. The minimum Gasteiger partial charge on any atom is -0.393 e. The number of H-pyrrole nitrogens is 1. The Morgan fingerprint density at radius 1 is 1.43 bits per heavy atom. The lowest BCUT2D eigenvalue weighted by molar-refractivity contribution is -0.128. The Balaban J connectivity index is 2.22. The van der Waals surface area contributed by atoms with Gasteiger partial charge in [-0.3, -0.25) is 9.89 Å². The Morgan fingerprint density at radius 2 is 2.22 bits per heavy atom. The number of amides is 1. The molecule has 6 heteroatoms. The second-order valence-corrected chi connectivity index (χ2v) is 5.75. The van der Waals surface area contributed by atoms with Gasteiger partial charge in [0, 0.05) is 30.6 Å². The Labute approximate surface area is 134 Å². The number of carbonyl (C=O) groups excluding carboxylic acids is 1. The van der Waals surface area contributed by atoms with E-state index in [1.807, 2.05) is 19.1 Å². The van der Waals surface area contributed by atoms with Gasteiger partial charge in [0.1, 0.15) is 6.10 Å². The number of hydrogen-bond donors (Lipinski definition) is 3. The van der Waals surface area contributed by atoms with Crippen LogP contribution in [0.1, 0.15) is 41.2 Å². The predicted octanol–water partition coefficient (Wildman–Crippen LogP) is 1.40. The van der Waals surface area contributed by atoms with E-state index >= 15 is 0 Å². The quantitative estimate of drug-likeness (QED) is 0.799. The second-order valence-electron chi connectivity index (χ2n) is 5.75. The predicted molar refractivity (Wildman–Crippen MR) is 85.3 cm³/mol. The summed E-state index contributed by atoms with van der Waals surface area (Å²) in [6.45, 7) is 1.52. The molecule has 1 aliphatic rings. The minimum atomic E-state index is -0.946. The van der Waals surface area contributed by atoms with Gasteiger partial charge in [-0.2, -0.15) is 5.10 Å². The molecule has 3 N–H and O–H groups in total. The summed E-state index contributed by atoms with van der Waals surface area (Å²) in [4.78, 5) is 14.0. The molecule has 2 aromatic rings. The molecule has 0 bridgehead atoms. The number of rotatable bonds is 3. The van der Waals surface area contributed by atoms with Crippen molar-refractivity contribution in [3.05, 3.63) is 59.0 Å². The average molecular weight is 313 g/mol. The lowest BCUT2D eigenvalue weighted by Crippen LogP contribution is -2.24. The van der Waals surface area contributed by atoms with E-state index in [-0.39, 0.29) is 18.4 Å². The van der Waals surface area contributed by atoms with Crippen LogP contribution in [0.5, 0.6) is 0 Å². The molecule has 2 atom stereocenters. The molecule has 0 spiro atoms. The molecule has 0 aliphatic carbocycles. The third-order valence-electron chi connectivity index (χ3n) is 4.24. The number of aliphatic hydroxyl groups is 2. The van der Waals surface area contributed by atoms with Gasteiger partial charge in [0.2, 0.25) is 5.91 Å². The number of nitrogens with one attached hydrogen (secondary N) is 1. The third-order valence-corrected chi connectivity index (χ3v) is 4.24. The first-order chi connectivity index (χ1) is 11.0. The fourth-order valence-electron chi connectivity index (χ4n) is 2.89.